The topological polar surface area (TPSA) is 79.2 Å². The Morgan fingerprint density at radius 2 is 1.96 bits per heavy atom. The van der Waals surface area contributed by atoms with Gasteiger partial charge in [-0.3, -0.25) is 0 Å². The Labute approximate surface area is 154 Å². The zero-order valence-corrected chi connectivity index (χ0v) is 14.9. The van der Waals surface area contributed by atoms with E-state index in [1.165, 1.54) is 16.3 Å². The van der Waals surface area contributed by atoms with Crippen LogP contribution in [0.25, 0.3) is 10.8 Å². The molecule has 0 saturated carbocycles. The number of nitrogens with one attached hydrogen (secondary N) is 3. The number of carbonyl (C=O) groups is 1. The van der Waals surface area contributed by atoms with E-state index in [1.54, 1.807) is 0 Å². The highest BCUT2D eigenvalue weighted by molar-refractivity contribution is 5.83. The minimum absolute atomic E-state index is 0.0168. The maximum Gasteiger partial charge on any atom is 0.319 e. The summed E-state index contributed by atoms with van der Waals surface area (Å²) in [7, 11) is 0. The van der Waals surface area contributed by atoms with E-state index in [0.717, 1.165) is 18.5 Å². The molecular weight excluding hydrogens is 324 g/mol. The van der Waals surface area contributed by atoms with Crippen LogP contribution in [0.1, 0.15) is 18.4 Å². The molecule has 136 valence electrons. The van der Waals surface area contributed by atoms with Crippen LogP contribution in [0.15, 0.2) is 66.4 Å². The lowest BCUT2D eigenvalue weighted by atomic mass is 10.1. The Hall–Kier alpha value is -2.63. The quantitative estimate of drug-likeness (QED) is 0.620. The van der Waals surface area contributed by atoms with Crippen LogP contribution in [0.4, 0.5) is 4.79 Å². The summed E-state index contributed by atoms with van der Waals surface area (Å²) in [6, 6.07) is 14.5. The lowest BCUT2D eigenvalue weighted by molar-refractivity contribution is 0.242. The van der Waals surface area contributed by atoms with Crippen LogP contribution in [0.3, 0.4) is 0 Å². The number of rotatable bonds is 7. The fourth-order valence-corrected chi connectivity index (χ4v) is 2.95. The summed E-state index contributed by atoms with van der Waals surface area (Å²) in [6.45, 7) is 1.65. The van der Waals surface area contributed by atoms with Gasteiger partial charge in [-0.15, -0.1) is 0 Å². The average molecular weight is 350 g/mol. The van der Waals surface area contributed by atoms with Gasteiger partial charge in [0, 0.05) is 31.4 Å². The first-order valence-corrected chi connectivity index (χ1v) is 9.07. The number of allylic oxidation sites excluding steroid dienone is 3. The van der Waals surface area contributed by atoms with Crippen molar-refractivity contribution in [2.24, 2.45) is 5.73 Å². The van der Waals surface area contributed by atoms with Crippen molar-refractivity contribution < 1.29 is 4.79 Å². The molecule has 3 rings (SSSR count). The predicted molar refractivity (Wildman–Crippen MR) is 107 cm³/mol. The molecule has 5 heteroatoms. The highest BCUT2D eigenvalue weighted by Crippen LogP contribution is 2.15. The zero-order valence-electron chi connectivity index (χ0n) is 14.9. The third kappa shape index (κ3) is 5.18. The van der Waals surface area contributed by atoms with Crippen LogP contribution in [0.5, 0.6) is 0 Å². The molecule has 0 fully saturated rings. The number of carbonyl (C=O) groups excluding carboxylic acids is 1. The first-order chi connectivity index (χ1) is 12.7. The van der Waals surface area contributed by atoms with E-state index in [0.29, 0.717) is 19.6 Å². The molecule has 5 nitrogen and oxygen atoms in total. The maximum absolute atomic E-state index is 12.0. The summed E-state index contributed by atoms with van der Waals surface area (Å²) in [4.78, 5) is 12.0. The normalized spacial score (nSPS) is 14.7. The molecule has 1 aliphatic rings. The Morgan fingerprint density at radius 3 is 2.73 bits per heavy atom. The van der Waals surface area contributed by atoms with Gasteiger partial charge in [0.1, 0.15) is 0 Å². The number of hydrogen-bond donors (Lipinski definition) is 4. The van der Waals surface area contributed by atoms with Crippen LogP contribution < -0.4 is 21.7 Å². The third-order valence-electron chi connectivity index (χ3n) is 4.46. The molecule has 0 aliphatic heterocycles. The number of urea groups is 1. The molecule has 0 radical (unpaired) electrons. The maximum atomic E-state index is 12.0. The highest BCUT2D eigenvalue weighted by atomic mass is 16.2. The highest BCUT2D eigenvalue weighted by Gasteiger charge is 2.09. The Morgan fingerprint density at radius 1 is 1.12 bits per heavy atom. The van der Waals surface area contributed by atoms with Gasteiger partial charge >= 0.3 is 6.03 Å². The van der Waals surface area contributed by atoms with E-state index >= 15 is 0 Å². The monoisotopic (exact) mass is 350 g/mol. The molecule has 1 atom stereocenters. The van der Waals surface area contributed by atoms with Gasteiger partial charge in [0.15, 0.2) is 0 Å². The summed E-state index contributed by atoms with van der Waals surface area (Å²) in [5.74, 6) is 0. The lowest BCUT2D eigenvalue weighted by Crippen LogP contribution is -2.47. The van der Waals surface area contributed by atoms with E-state index in [9.17, 15) is 4.79 Å². The molecule has 1 aliphatic carbocycles. The number of fused-ring (bicyclic) bond motifs is 1. The van der Waals surface area contributed by atoms with Crippen molar-refractivity contribution in [3.63, 3.8) is 0 Å². The smallest absolute Gasteiger partial charge is 0.319 e. The Balaban J connectivity index is 1.46. The van der Waals surface area contributed by atoms with Crippen molar-refractivity contribution in [1.29, 1.82) is 0 Å². The van der Waals surface area contributed by atoms with Crippen LogP contribution >= 0.6 is 0 Å². The Kier molecular flexibility index (Phi) is 6.41. The van der Waals surface area contributed by atoms with Gasteiger partial charge in [-0.2, -0.15) is 0 Å². The molecule has 0 saturated heterocycles. The number of benzene rings is 2. The van der Waals surface area contributed by atoms with Crippen molar-refractivity contribution in [1.82, 2.24) is 16.0 Å². The van der Waals surface area contributed by atoms with E-state index in [1.807, 2.05) is 24.3 Å². The van der Waals surface area contributed by atoms with E-state index in [2.05, 4.69) is 52.4 Å². The van der Waals surface area contributed by atoms with Crippen LogP contribution in [-0.2, 0) is 6.54 Å². The Bertz CT molecular complexity index is 813. The fraction of sp³-hybridized carbons (Fsp3) is 0.286. The summed E-state index contributed by atoms with van der Waals surface area (Å²) in [5.41, 5.74) is 7.89. The van der Waals surface area contributed by atoms with Crippen LogP contribution in [0.2, 0.25) is 0 Å². The molecule has 1 unspecified atom stereocenters. The fourth-order valence-electron chi connectivity index (χ4n) is 2.95. The minimum atomic E-state index is -0.200. The SMILES string of the molecule is NCC(CNC(=O)NC1=CCCC=C1)NCc1ccc2ccccc2c1. The molecule has 5 N–H and O–H groups in total. The molecule has 0 aromatic heterocycles. The number of amides is 2. The first-order valence-electron chi connectivity index (χ1n) is 9.07. The van der Waals surface area contributed by atoms with Gasteiger partial charge in [-0.05, 0) is 41.3 Å². The number of hydrogen-bond acceptors (Lipinski definition) is 3. The van der Waals surface area contributed by atoms with Crippen molar-refractivity contribution in [3.8, 4) is 0 Å². The van der Waals surface area contributed by atoms with E-state index in [-0.39, 0.29) is 12.1 Å². The summed E-state index contributed by atoms with van der Waals surface area (Å²) in [6.07, 6.45) is 8.01. The van der Waals surface area contributed by atoms with Crippen LogP contribution in [-0.4, -0.2) is 25.2 Å². The predicted octanol–water partition coefficient (Wildman–Crippen LogP) is 2.79. The molecule has 0 spiro atoms. The zero-order chi connectivity index (χ0) is 18.2. The van der Waals surface area contributed by atoms with Crippen molar-refractivity contribution in [2.45, 2.75) is 25.4 Å². The van der Waals surface area contributed by atoms with Gasteiger partial charge < -0.3 is 21.7 Å². The molecule has 2 aromatic carbocycles. The van der Waals surface area contributed by atoms with Crippen molar-refractivity contribution in [3.05, 3.63) is 72.0 Å². The summed E-state index contributed by atoms with van der Waals surface area (Å²) >= 11 is 0. The molecule has 2 aromatic rings. The second-order valence-electron chi connectivity index (χ2n) is 6.47. The minimum Gasteiger partial charge on any atom is -0.336 e. The third-order valence-corrected chi connectivity index (χ3v) is 4.46. The van der Waals surface area contributed by atoms with Gasteiger partial charge in [0.05, 0.1) is 0 Å². The number of nitrogens with two attached hydrogens (primary N) is 1. The molecule has 26 heavy (non-hydrogen) atoms. The standard InChI is InChI=1S/C21H26N4O/c22-13-20(15-24-21(26)25-19-8-2-1-3-9-19)23-14-16-10-11-17-6-4-5-7-18(17)12-16/h2,4-12,20,23H,1,3,13-15,22H2,(H2,24,25,26). The second-order valence-corrected chi connectivity index (χ2v) is 6.47. The summed E-state index contributed by atoms with van der Waals surface area (Å²) < 4.78 is 0. The van der Waals surface area contributed by atoms with Crippen molar-refractivity contribution in [2.75, 3.05) is 13.1 Å². The lowest BCUT2D eigenvalue weighted by Gasteiger charge is -2.18. The molecule has 2 amide bonds. The molecule has 0 heterocycles. The first kappa shape index (κ1) is 18.2. The van der Waals surface area contributed by atoms with Crippen LogP contribution in [0, 0.1) is 0 Å². The molecule has 0 bridgehead atoms. The van der Waals surface area contributed by atoms with Gasteiger partial charge in [0.25, 0.3) is 0 Å². The largest absolute Gasteiger partial charge is 0.336 e. The van der Waals surface area contributed by atoms with Gasteiger partial charge in [-0.1, -0.05) is 48.6 Å². The molecular formula is C21H26N4O. The van der Waals surface area contributed by atoms with Gasteiger partial charge in [0.2, 0.25) is 0 Å². The van der Waals surface area contributed by atoms with E-state index in [4.69, 9.17) is 5.73 Å². The second kappa shape index (κ2) is 9.17. The van der Waals surface area contributed by atoms with E-state index < -0.39 is 0 Å². The van der Waals surface area contributed by atoms with Crippen molar-refractivity contribution >= 4 is 16.8 Å². The summed E-state index contributed by atoms with van der Waals surface area (Å²) in [5, 5.41) is 11.6. The average Bonchev–Trinajstić information content (AvgIpc) is 2.68. The van der Waals surface area contributed by atoms with Gasteiger partial charge in [-0.25, -0.2) is 4.79 Å².